The van der Waals surface area contributed by atoms with Crippen molar-refractivity contribution in [1.82, 2.24) is 5.32 Å². The molecular weight excluding hydrogens is 228 g/mol. The number of phenolic OH excluding ortho intramolecular Hbond substituents is 1. The highest BCUT2D eigenvalue weighted by atomic mass is 16.3. The first-order valence-corrected chi connectivity index (χ1v) is 6.38. The zero-order valence-electron chi connectivity index (χ0n) is 10.9. The van der Waals surface area contributed by atoms with Crippen LogP contribution in [0.1, 0.15) is 19.8 Å². The molecule has 1 aliphatic heterocycles. The van der Waals surface area contributed by atoms with Crippen LogP contribution in [0, 0.1) is 5.92 Å². The average Bonchev–Trinajstić information content (AvgIpc) is 2.38. The Kier molecular flexibility index (Phi) is 3.87. The van der Waals surface area contributed by atoms with Crippen molar-refractivity contribution >= 4 is 11.6 Å². The first kappa shape index (κ1) is 12.9. The third-order valence-corrected chi connectivity index (χ3v) is 3.53. The first-order valence-electron chi connectivity index (χ1n) is 6.38. The molecule has 2 atom stereocenters. The molecular formula is C14H20N2O2. The standard InChI is InChI=1S/C14H20N2O2/c1-10-7-8-15-13(9-10)14(18)16(2)11-3-5-12(17)6-4-11/h3-6,10,13,15,17H,7-9H2,1-2H3. The molecule has 0 radical (unpaired) electrons. The molecule has 0 aliphatic carbocycles. The van der Waals surface area contributed by atoms with E-state index in [4.69, 9.17) is 0 Å². The Balaban J connectivity index is 2.06. The van der Waals surface area contributed by atoms with E-state index in [0.29, 0.717) is 5.92 Å². The number of nitrogens with zero attached hydrogens (tertiary/aromatic N) is 1. The van der Waals surface area contributed by atoms with E-state index in [0.717, 1.165) is 25.1 Å². The van der Waals surface area contributed by atoms with Crippen LogP contribution in [0.5, 0.6) is 5.75 Å². The quantitative estimate of drug-likeness (QED) is 0.838. The molecule has 4 nitrogen and oxygen atoms in total. The molecule has 4 heteroatoms. The molecule has 0 saturated carbocycles. The van der Waals surface area contributed by atoms with Gasteiger partial charge in [-0.15, -0.1) is 0 Å². The molecule has 1 aromatic carbocycles. The minimum Gasteiger partial charge on any atom is -0.508 e. The maximum absolute atomic E-state index is 12.3. The molecule has 1 saturated heterocycles. The second-order valence-electron chi connectivity index (χ2n) is 5.05. The van der Waals surface area contributed by atoms with Gasteiger partial charge in [-0.05, 0) is 49.6 Å². The number of nitrogens with one attached hydrogen (secondary N) is 1. The summed E-state index contributed by atoms with van der Waals surface area (Å²) in [5.41, 5.74) is 0.804. The second-order valence-corrected chi connectivity index (χ2v) is 5.05. The molecule has 0 bridgehead atoms. The molecule has 98 valence electrons. The number of carbonyl (C=O) groups is 1. The van der Waals surface area contributed by atoms with Crippen LogP contribution >= 0.6 is 0 Å². The molecule has 2 N–H and O–H groups in total. The fourth-order valence-electron chi connectivity index (χ4n) is 2.33. The van der Waals surface area contributed by atoms with E-state index in [9.17, 15) is 9.90 Å². The number of rotatable bonds is 2. The molecule has 2 unspecified atom stereocenters. The van der Waals surface area contributed by atoms with Crippen molar-refractivity contribution in [2.75, 3.05) is 18.5 Å². The Morgan fingerprint density at radius 3 is 2.67 bits per heavy atom. The highest BCUT2D eigenvalue weighted by Gasteiger charge is 2.27. The van der Waals surface area contributed by atoms with Crippen molar-refractivity contribution in [2.45, 2.75) is 25.8 Å². The molecule has 0 spiro atoms. The van der Waals surface area contributed by atoms with Crippen molar-refractivity contribution in [3.63, 3.8) is 0 Å². The predicted octanol–water partition coefficient (Wildman–Crippen LogP) is 1.74. The number of aromatic hydroxyl groups is 1. The van der Waals surface area contributed by atoms with Crippen molar-refractivity contribution in [3.8, 4) is 5.75 Å². The first-order chi connectivity index (χ1) is 8.58. The number of piperidine rings is 1. The molecule has 1 fully saturated rings. The number of anilines is 1. The normalized spacial score (nSPS) is 23.7. The summed E-state index contributed by atoms with van der Waals surface area (Å²) in [6.07, 6.45) is 2.02. The molecule has 0 aromatic heterocycles. The lowest BCUT2D eigenvalue weighted by molar-refractivity contribution is -0.121. The summed E-state index contributed by atoms with van der Waals surface area (Å²) in [7, 11) is 1.77. The number of phenols is 1. The molecule has 1 heterocycles. The van der Waals surface area contributed by atoms with Gasteiger partial charge in [0.05, 0.1) is 6.04 Å². The second kappa shape index (κ2) is 5.40. The van der Waals surface area contributed by atoms with Gasteiger partial charge in [-0.2, -0.15) is 0 Å². The SMILES string of the molecule is CC1CCNC(C(=O)N(C)c2ccc(O)cc2)C1. The van der Waals surface area contributed by atoms with Gasteiger partial charge in [-0.1, -0.05) is 6.92 Å². The van der Waals surface area contributed by atoms with Gasteiger partial charge in [0.1, 0.15) is 5.75 Å². The van der Waals surface area contributed by atoms with Gasteiger partial charge in [-0.25, -0.2) is 0 Å². The van der Waals surface area contributed by atoms with Crippen LogP contribution in [0.4, 0.5) is 5.69 Å². The Labute approximate surface area is 108 Å². The number of hydrogen-bond acceptors (Lipinski definition) is 3. The summed E-state index contributed by atoms with van der Waals surface area (Å²) in [6.45, 7) is 3.09. The Bertz CT molecular complexity index is 416. The minimum atomic E-state index is -0.0902. The van der Waals surface area contributed by atoms with Crippen LogP contribution in [0.25, 0.3) is 0 Å². The fraction of sp³-hybridized carbons (Fsp3) is 0.500. The van der Waals surface area contributed by atoms with Crippen molar-refractivity contribution in [2.24, 2.45) is 5.92 Å². The monoisotopic (exact) mass is 248 g/mol. The maximum Gasteiger partial charge on any atom is 0.243 e. The predicted molar refractivity (Wildman–Crippen MR) is 71.7 cm³/mol. The van der Waals surface area contributed by atoms with E-state index in [1.165, 1.54) is 0 Å². The van der Waals surface area contributed by atoms with E-state index < -0.39 is 0 Å². The van der Waals surface area contributed by atoms with Crippen LogP contribution in [-0.2, 0) is 4.79 Å². The van der Waals surface area contributed by atoms with E-state index in [1.54, 1.807) is 36.2 Å². The number of amides is 1. The van der Waals surface area contributed by atoms with Gasteiger partial charge in [0.15, 0.2) is 0 Å². The Hall–Kier alpha value is -1.55. The lowest BCUT2D eigenvalue weighted by Crippen LogP contribution is -2.49. The highest BCUT2D eigenvalue weighted by Crippen LogP contribution is 2.21. The summed E-state index contributed by atoms with van der Waals surface area (Å²) >= 11 is 0. The third-order valence-electron chi connectivity index (χ3n) is 3.53. The number of carbonyl (C=O) groups excluding carboxylic acids is 1. The summed E-state index contributed by atoms with van der Waals surface area (Å²) in [4.78, 5) is 14.0. The summed E-state index contributed by atoms with van der Waals surface area (Å²) in [5, 5.41) is 12.5. The maximum atomic E-state index is 12.3. The number of hydrogen-bond donors (Lipinski definition) is 2. The van der Waals surface area contributed by atoms with E-state index in [1.807, 2.05) is 0 Å². The average molecular weight is 248 g/mol. The molecule has 1 aromatic rings. The summed E-state index contributed by atoms with van der Waals surface area (Å²) in [5.74, 6) is 0.893. The molecule has 18 heavy (non-hydrogen) atoms. The highest BCUT2D eigenvalue weighted by molar-refractivity contribution is 5.96. The van der Waals surface area contributed by atoms with Crippen LogP contribution < -0.4 is 10.2 Å². The lowest BCUT2D eigenvalue weighted by atomic mass is 9.93. The summed E-state index contributed by atoms with van der Waals surface area (Å²) in [6, 6.07) is 6.60. The Morgan fingerprint density at radius 2 is 2.06 bits per heavy atom. The summed E-state index contributed by atoms with van der Waals surface area (Å²) < 4.78 is 0. The van der Waals surface area contributed by atoms with Crippen molar-refractivity contribution < 1.29 is 9.90 Å². The van der Waals surface area contributed by atoms with Gasteiger partial charge in [-0.3, -0.25) is 4.79 Å². The third kappa shape index (κ3) is 2.82. The fourth-order valence-corrected chi connectivity index (χ4v) is 2.33. The zero-order valence-corrected chi connectivity index (χ0v) is 10.9. The van der Waals surface area contributed by atoms with Crippen LogP contribution in [-0.4, -0.2) is 30.6 Å². The van der Waals surface area contributed by atoms with Crippen LogP contribution in [0.15, 0.2) is 24.3 Å². The van der Waals surface area contributed by atoms with Crippen LogP contribution in [0.3, 0.4) is 0 Å². The smallest absolute Gasteiger partial charge is 0.243 e. The van der Waals surface area contributed by atoms with Crippen molar-refractivity contribution in [1.29, 1.82) is 0 Å². The van der Waals surface area contributed by atoms with Gasteiger partial charge in [0, 0.05) is 12.7 Å². The zero-order chi connectivity index (χ0) is 13.1. The largest absolute Gasteiger partial charge is 0.508 e. The van der Waals surface area contributed by atoms with Gasteiger partial charge in [0.25, 0.3) is 0 Å². The molecule has 1 aliphatic rings. The van der Waals surface area contributed by atoms with Gasteiger partial charge in [0.2, 0.25) is 5.91 Å². The van der Waals surface area contributed by atoms with E-state index in [-0.39, 0.29) is 17.7 Å². The minimum absolute atomic E-state index is 0.0900. The van der Waals surface area contributed by atoms with Crippen LogP contribution in [0.2, 0.25) is 0 Å². The van der Waals surface area contributed by atoms with E-state index in [2.05, 4.69) is 12.2 Å². The number of likely N-dealkylation sites (N-methyl/N-ethyl adjacent to an activating group) is 1. The Morgan fingerprint density at radius 1 is 1.39 bits per heavy atom. The van der Waals surface area contributed by atoms with Gasteiger partial charge < -0.3 is 15.3 Å². The lowest BCUT2D eigenvalue weighted by Gasteiger charge is -2.30. The molecule has 2 rings (SSSR count). The van der Waals surface area contributed by atoms with E-state index >= 15 is 0 Å². The molecule has 1 amide bonds. The van der Waals surface area contributed by atoms with Gasteiger partial charge >= 0.3 is 0 Å². The van der Waals surface area contributed by atoms with Crippen molar-refractivity contribution in [3.05, 3.63) is 24.3 Å². The topological polar surface area (TPSA) is 52.6 Å². The number of benzene rings is 1.